The van der Waals surface area contributed by atoms with Crippen LogP contribution >= 0.6 is 0 Å². The first-order valence-corrected chi connectivity index (χ1v) is 8.68. The molecule has 0 aliphatic carbocycles. The van der Waals surface area contributed by atoms with Crippen molar-refractivity contribution in [2.75, 3.05) is 26.7 Å². The standard InChI is InChI=1S/C20H23F2N3O/c1-14-11-17(22)7-8-18(14)19-12-23-9-10-25(19)20(26)24(2)13-15-3-5-16(21)6-4-15/h3-8,11,19,23H,9-10,12-13H2,1-2H3/t19-/m1/s1. The normalized spacial score (nSPS) is 17.2. The Morgan fingerprint density at radius 3 is 2.58 bits per heavy atom. The molecule has 1 aliphatic heterocycles. The van der Waals surface area contributed by atoms with Gasteiger partial charge in [-0.2, -0.15) is 0 Å². The third-order valence-electron chi connectivity index (χ3n) is 4.74. The average molecular weight is 359 g/mol. The van der Waals surface area contributed by atoms with E-state index in [1.54, 1.807) is 30.1 Å². The van der Waals surface area contributed by atoms with E-state index in [1.165, 1.54) is 24.3 Å². The topological polar surface area (TPSA) is 35.6 Å². The molecule has 3 rings (SSSR count). The van der Waals surface area contributed by atoms with Crippen LogP contribution in [-0.4, -0.2) is 42.5 Å². The highest BCUT2D eigenvalue weighted by Crippen LogP contribution is 2.27. The van der Waals surface area contributed by atoms with Gasteiger partial charge in [0, 0.05) is 33.2 Å². The fraction of sp³-hybridized carbons (Fsp3) is 0.350. The van der Waals surface area contributed by atoms with E-state index >= 15 is 0 Å². The predicted molar refractivity (Wildman–Crippen MR) is 96.7 cm³/mol. The molecule has 0 spiro atoms. The lowest BCUT2D eigenvalue weighted by molar-refractivity contribution is 0.126. The molecule has 0 aromatic heterocycles. The molecule has 1 fully saturated rings. The Kier molecular flexibility index (Phi) is 5.52. The van der Waals surface area contributed by atoms with E-state index in [9.17, 15) is 13.6 Å². The van der Waals surface area contributed by atoms with Crippen LogP contribution < -0.4 is 5.32 Å². The van der Waals surface area contributed by atoms with Crippen LogP contribution in [0.2, 0.25) is 0 Å². The molecule has 6 heteroatoms. The van der Waals surface area contributed by atoms with Crippen LogP contribution in [0.1, 0.15) is 22.7 Å². The van der Waals surface area contributed by atoms with Gasteiger partial charge in [-0.1, -0.05) is 18.2 Å². The number of hydrogen-bond acceptors (Lipinski definition) is 2. The van der Waals surface area contributed by atoms with Crippen molar-refractivity contribution in [3.05, 3.63) is 70.8 Å². The van der Waals surface area contributed by atoms with E-state index < -0.39 is 0 Å². The summed E-state index contributed by atoms with van der Waals surface area (Å²) in [7, 11) is 1.74. The van der Waals surface area contributed by atoms with E-state index in [0.29, 0.717) is 26.2 Å². The minimum atomic E-state index is -0.295. The zero-order chi connectivity index (χ0) is 18.7. The number of benzene rings is 2. The van der Waals surface area contributed by atoms with Gasteiger partial charge in [-0.3, -0.25) is 0 Å². The number of halogens is 2. The number of nitrogens with zero attached hydrogens (tertiary/aromatic N) is 2. The van der Waals surface area contributed by atoms with Gasteiger partial charge in [0.05, 0.1) is 6.04 Å². The lowest BCUT2D eigenvalue weighted by Gasteiger charge is -2.39. The number of amides is 2. The number of carbonyl (C=O) groups is 1. The van der Waals surface area contributed by atoms with Gasteiger partial charge >= 0.3 is 6.03 Å². The van der Waals surface area contributed by atoms with Crippen molar-refractivity contribution in [2.24, 2.45) is 0 Å². The first kappa shape index (κ1) is 18.3. The Bertz CT molecular complexity index is 779. The second-order valence-corrected chi connectivity index (χ2v) is 6.68. The molecule has 2 aromatic carbocycles. The Morgan fingerprint density at radius 1 is 1.19 bits per heavy atom. The van der Waals surface area contributed by atoms with Crippen LogP contribution in [0.5, 0.6) is 0 Å². The van der Waals surface area contributed by atoms with Crippen LogP contribution in [0.15, 0.2) is 42.5 Å². The van der Waals surface area contributed by atoms with Crippen molar-refractivity contribution in [3.63, 3.8) is 0 Å². The van der Waals surface area contributed by atoms with Gasteiger partial charge in [0.15, 0.2) is 0 Å². The van der Waals surface area contributed by atoms with Gasteiger partial charge < -0.3 is 15.1 Å². The largest absolute Gasteiger partial charge is 0.323 e. The zero-order valence-electron chi connectivity index (χ0n) is 15.0. The number of hydrogen-bond donors (Lipinski definition) is 1. The molecule has 0 unspecified atom stereocenters. The van der Waals surface area contributed by atoms with Crippen LogP contribution in [0.25, 0.3) is 0 Å². The molecule has 1 N–H and O–H groups in total. The first-order chi connectivity index (χ1) is 12.5. The number of aryl methyl sites for hydroxylation is 1. The summed E-state index contributed by atoms with van der Waals surface area (Å²) in [6.07, 6.45) is 0. The molecular formula is C20H23F2N3O. The quantitative estimate of drug-likeness (QED) is 0.911. The van der Waals surface area contributed by atoms with E-state index in [-0.39, 0.29) is 23.7 Å². The van der Waals surface area contributed by atoms with Crippen molar-refractivity contribution >= 4 is 6.03 Å². The molecule has 2 aromatic rings. The number of piperazine rings is 1. The SMILES string of the molecule is Cc1cc(F)ccc1[C@H]1CNCCN1C(=O)N(C)Cc1ccc(F)cc1. The highest BCUT2D eigenvalue weighted by Gasteiger charge is 2.30. The van der Waals surface area contributed by atoms with Crippen LogP contribution in [0.3, 0.4) is 0 Å². The Morgan fingerprint density at radius 2 is 1.88 bits per heavy atom. The summed E-state index contributed by atoms with van der Waals surface area (Å²) in [5.41, 5.74) is 2.65. The summed E-state index contributed by atoms with van der Waals surface area (Å²) in [4.78, 5) is 16.5. The summed E-state index contributed by atoms with van der Waals surface area (Å²) in [6.45, 7) is 4.18. The van der Waals surface area contributed by atoms with Gasteiger partial charge in [-0.25, -0.2) is 13.6 Å². The molecule has 1 aliphatic rings. The monoisotopic (exact) mass is 359 g/mol. The van der Waals surface area contributed by atoms with Crippen LogP contribution in [0.4, 0.5) is 13.6 Å². The molecule has 26 heavy (non-hydrogen) atoms. The number of rotatable bonds is 3. The molecule has 0 saturated carbocycles. The fourth-order valence-electron chi connectivity index (χ4n) is 3.37. The zero-order valence-corrected chi connectivity index (χ0v) is 15.0. The summed E-state index contributed by atoms with van der Waals surface area (Å²) in [5, 5.41) is 3.31. The molecule has 1 atom stereocenters. The van der Waals surface area contributed by atoms with Crippen molar-refractivity contribution in [3.8, 4) is 0 Å². The number of urea groups is 1. The Balaban J connectivity index is 1.77. The third-order valence-corrected chi connectivity index (χ3v) is 4.74. The molecule has 0 radical (unpaired) electrons. The van der Waals surface area contributed by atoms with Gasteiger partial charge in [0.1, 0.15) is 11.6 Å². The van der Waals surface area contributed by atoms with Gasteiger partial charge in [-0.15, -0.1) is 0 Å². The van der Waals surface area contributed by atoms with E-state index in [1.807, 2.05) is 11.8 Å². The summed E-state index contributed by atoms with van der Waals surface area (Å²) >= 11 is 0. The Labute approximate surface area is 152 Å². The lowest BCUT2D eigenvalue weighted by atomic mass is 9.98. The van der Waals surface area contributed by atoms with E-state index in [2.05, 4.69) is 5.32 Å². The maximum Gasteiger partial charge on any atom is 0.320 e. The number of carbonyl (C=O) groups excluding carboxylic acids is 1. The van der Waals surface area contributed by atoms with Crippen molar-refractivity contribution in [2.45, 2.75) is 19.5 Å². The molecular weight excluding hydrogens is 336 g/mol. The van der Waals surface area contributed by atoms with Crippen molar-refractivity contribution in [1.29, 1.82) is 0 Å². The van der Waals surface area contributed by atoms with Crippen molar-refractivity contribution in [1.82, 2.24) is 15.1 Å². The summed E-state index contributed by atoms with van der Waals surface area (Å²) in [5.74, 6) is -0.571. The number of nitrogens with one attached hydrogen (secondary N) is 1. The average Bonchev–Trinajstić information content (AvgIpc) is 2.63. The minimum Gasteiger partial charge on any atom is -0.323 e. The smallest absolute Gasteiger partial charge is 0.320 e. The third kappa shape index (κ3) is 4.02. The molecule has 4 nitrogen and oxygen atoms in total. The van der Waals surface area contributed by atoms with E-state index in [0.717, 1.165) is 16.7 Å². The van der Waals surface area contributed by atoms with Gasteiger partial charge in [-0.05, 0) is 47.9 Å². The molecule has 138 valence electrons. The second kappa shape index (κ2) is 7.83. The first-order valence-electron chi connectivity index (χ1n) is 8.68. The van der Waals surface area contributed by atoms with E-state index in [4.69, 9.17) is 0 Å². The molecule has 1 saturated heterocycles. The molecule has 1 heterocycles. The highest BCUT2D eigenvalue weighted by molar-refractivity contribution is 5.75. The summed E-state index contributed by atoms with van der Waals surface area (Å²) in [6, 6.07) is 10.6. The van der Waals surface area contributed by atoms with Crippen LogP contribution in [-0.2, 0) is 6.54 Å². The fourth-order valence-corrected chi connectivity index (χ4v) is 3.37. The Hall–Kier alpha value is -2.47. The van der Waals surface area contributed by atoms with Gasteiger partial charge in [0.25, 0.3) is 0 Å². The molecule has 0 bridgehead atoms. The van der Waals surface area contributed by atoms with Crippen molar-refractivity contribution < 1.29 is 13.6 Å². The lowest BCUT2D eigenvalue weighted by Crippen LogP contribution is -2.52. The molecule has 2 amide bonds. The predicted octanol–water partition coefficient (Wildman–Crippen LogP) is 3.47. The minimum absolute atomic E-state index is 0.0930. The second-order valence-electron chi connectivity index (χ2n) is 6.68. The van der Waals surface area contributed by atoms with Gasteiger partial charge in [0.2, 0.25) is 0 Å². The maximum absolute atomic E-state index is 13.4. The highest BCUT2D eigenvalue weighted by atomic mass is 19.1. The maximum atomic E-state index is 13.4. The van der Waals surface area contributed by atoms with Crippen LogP contribution in [0, 0.1) is 18.6 Å². The summed E-state index contributed by atoms with van der Waals surface area (Å²) < 4.78 is 26.5.